The predicted octanol–water partition coefficient (Wildman–Crippen LogP) is 4.15. The van der Waals surface area contributed by atoms with Crippen LogP contribution in [0.25, 0.3) is 0 Å². The molecule has 2 saturated heterocycles. The van der Waals surface area contributed by atoms with Gasteiger partial charge in [-0.2, -0.15) is 0 Å². The molecule has 4 rings (SSSR count). The van der Waals surface area contributed by atoms with Crippen LogP contribution in [0.15, 0.2) is 12.1 Å². The van der Waals surface area contributed by atoms with Gasteiger partial charge in [-0.15, -0.1) is 0 Å². The molecule has 7 heteroatoms. The molecule has 3 aliphatic rings. The van der Waals surface area contributed by atoms with Crippen molar-refractivity contribution in [3.8, 4) is 11.5 Å². The number of benzene rings is 1. The highest BCUT2D eigenvalue weighted by atomic mass is 16.6. The molecule has 2 atom stereocenters. The van der Waals surface area contributed by atoms with Crippen molar-refractivity contribution >= 4 is 6.09 Å². The second-order valence-corrected chi connectivity index (χ2v) is 10.9. The summed E-state index contributed by atoms with van der Waals surface area (Å²) in [5.74, 6) is 0.552. The summed E-state index contributed by atoms with van der Waals surface area (Å²) < 4.78 is 18.3. The van der Waals surface area contributed by atoms with E-state index in [1.165, 1.54) is 0 Å². The van der Waals surface area contributed by atoms with E-state index in [1.807, 2.05) is 40.7 Å². The van der Waals surface area contributed by atoms with Crippen LogP contribution in [0.4, 0.5) is 4.79 Å². The minimum absolute atomic E-state index is 0.00100. The molecule has 3 heterocycles. The van der Waals surface area contributed by atoms with E-state index in [1.54, 1.807) is 11.0 Å². The summed E-state index contributed by atoms with van der Waals surface area (Å²) in [6.45, 7) is 11.4. The molecule has 1 spiro atoms. The Kier molecular flexibility index (Phi) is 5.41. The molecule has 2 fully saturated rings. The maximum atomic E-state index is 12.4. The number of amides is 1. The van der Waals surface area contributed by atoms with Crippen molar-refractivity contribution in [3.63, 3.8) is 0 Å². The quantitative estimate of drug-likeness (QED) is 0.692. The number of aliphatic hydroxyl groups excluding tert-OH is 1. The van der Waals surface area contributed by atoms with Gasteiger partial charge in [0, 0.05) is 30.1 Å². The van der Waals surface area contributed by atoms with Crippen molar-refractivity contribution in [2.75, 3.05) is 19.7 Å². The predicted molar refractivity (Wildman–Crippen MR) is 115 cm³/mol. The zero-order chi connectivity index (χ0) is 22.6. The number of piperidine rings is 1. The topological polar surface area (TPSA) is 88.5 Å². The van der Waals surface area contributed by atoms with Gasteiger partial charge >= 0.3 is 6.09 Å². The summed E-state index contributed by atoms with van der Waals surface area (Å²) in [7, 11) is 0. The van der Waals surface area contributed by atoms with Crippen molar-refractivity contribution in [2.45, 2.75) is 77.8 Å². The van der Waals surface area contributed by atoms with Gasteiger partial charge in [0.25, 0.3) is 0 Å². The van der Waals surface area contributed by atoms with E-state index in [0.29, 0.717) is 31.0 Å². The molecule has 1 aromatic carbocycles. The van der Waals surface area contributed by atoms with Crippen LogP contribution in [0.2, 0.25) is 0 Å². The molecule has 0 radical (unpaired) electrons. The second-order valence-electron chi connectivity index (χ2n) is 10.9. The summed E-state index contributed by atoms with van der Waals surface area (Å²) in [5.41, 5.74) is 0.282. The lowest BCUT2D eigenvalue weighted by Crippen LogP contribution is -2.55. The summed E-state index contributed by atoms with van der Waals surface area (Å²) in [6, 6.07) is 3.64. The van der Waals surface area contributed by atoms with E-state index in [2.05, 4.69) is 0 Å². The van der Waals surface area contributed by atoms with Crippen LogP contribution in [0.3, 0.4) is 0 Å². The number of aliphatic hydroxyl groups is 1. The Morgan fingerprint density at radius 3 is 2.55 bits per heavy atom. The van der Waals surface area contributed by atoms with E-state index >= 15 is 0 Å². The van der Waals surface area contributed by atoms with Crippen LogP contribution in [0.5, 0.6) is 11.5 Å². The van der Waals surface area contributed by atoms with Crippen LogP contribution in [-0.2, 0) is 16.1 Å². The third kappa shape index (κ3) is 4.10. The highest BCUT2D eigenvalue weighted by Gasteiger charge is 2.53. The Morgan fingerprint density at radius 1 is 1.26 bits per heavy atom. The number of hydrogen-bond acceptors (Lipinski definition) is 6. The molecule has 1 aromatic rings. The Labute approximate surface area is 184 Å². The summed E-state index contributed by atoms with van der Waals surface area (Å²) in [6.07, 6.45) is 2.27. The number of rotatable bonds is 1. The van der Waals surface area contributed by atoms with Gasteiger partial charge in [-0.25, -0.2) is 4.79 Å². The lowest BCUT2D eigenvalue weighted by molar-refractivity contribution is -0.174. The molecular formula is C24H35NO6. The fourth-order valence-electron chi connectivity index (χ4n) is 5.20. The van der Waals surface area contributed by atoms with Crippen molar-refractivity contribution in [2.24, 2.45) is 11.3 Å². The van der Waals surface area contributed by atoms with Gasteiger partial charge in [0.2, 0.25) is 0 Å². The average Bonchev–Trinajstić information content (AvgIpc) is 2.68. The number of carbonyl (C=O) groups is 1. The SMILES string of the molecule is CC(C)(C)OC(=O)N1CCC2(CC1)CO[C@H]1c3ccc(CO)c(O)c3OC(C)(C)[C@@H]1C2. The highest BCUT2D eigenvalue weighted by Crippen LogP contribution is 2.57. The van der Waals surface area contributed by atoms with Gasteiger partial charge in [-0.1, -0.05) is 12.1 Å². The van der Waals surface area contributed by atoms with Crippen molar-refractivity contribution in [3.05, 3.63) is 23.3 Å². The minimum Gasteiger partial charge on any atom is -0.504 e. The number of likely N-dealkylation sites (tertiary alicyclic amines) is 1. The number of ether oxygens (including phenoxy) is 3. The van der Waals surface area contributed by atoms with Crippen LogP contribution in [-0.4, -0.2) is 52.1 Å². The first-order valence-electron chi connectivity index (χ1n) is 11.2. The molecule has 0 aliphatic carbocycles. The van der Waals surface area contributed by atoms with E-state index in [9.17, 15) is 15.0 Å². The Morgan fingerprint density at radius 2 is 1.94 bits per heavy atom. The Bertz CT molecular complexity index is 850. The van der Waals surface area contributed by atoms with Crippen LogP contribution < -0.4 is 4.74 Å². The maximum Gasteiger partial charge on any atom is 0.410 e. The molecular weight excluding hydrogens is 398 g/mol. The fourth-order valence-corrected chi connectivity index (χ4v) is 5.20. The van der Waals surface area contributed by atoms with Crippen LogP contribution in [0.1, 0.15) is 71.1 Å². The van der Waals surface area contributed by atoms with E-state index in [0.717, 1.165) is 24.8 Å². The fraction of sp³-hybridized carbons (Fsp3) is 0.708. The van der Waals surface area contributed by atoms with Crippen molar-refractivity contribution < 1.29 is 29.2 Å². The molecule has 172 valence electrons. The van der Waals surface area contributed by atoms with Gasteiger partial charge in [-0.05, 0) is 59.3 Å². The van der Waals surface area contributed by atoms with E-state index in [4.69, 9.17) is 14.2 Å². The molecule has 1 amide bonds. The monoisotopic (exact) mass is 433 g/mol. The third-order valence-electron chi connectivity index (χ3n) is 7.04. The molecule has 0 saturated carbocycles. The zero-order valence-corrected chi connectivity index (χ0v) is 19.2. The zero-order valence-electron chi connectivity index (χ0n) is 19.2. The van der Waals surface area contributed by atoms with Crippen molar-refractivity contribution in [1.82, 2.24) is 4.90 Å². The van der Waals surface area contributed by atoms with E-state index in [-0.39, 0.29) is 35.9 Å². The Balaban J connectivity index is 1.51. The average molecular weight is 434 g/mol. The Hall–Kier alpha value is -1.99. The number of fused-ring (bicyclic) bond motifs is 3. The molecule has 0 bridgehead atoms. The second kappa shape index (κ2) is 7.55. The standard InChI is InChI=1S/C24H35NO6/c1-22(2,3)31-21(28)25-10-8-24(9-11-25)12-17-19(29-14-24)16-7-6-15(13-26)18(27)20(16)30-23(17,4)5/h6-7,17,19,26-27H,8-14H2,1-5H3/t17-,19+/m1/s1. The van der Waals surface area contributed by atoms with E-state index < -0.39 is 11.2 Å². The van der Waals surface area contributed by atoms with Crippen LogP contribution in [0, 0.1) is 11.3 Å². The largest absolute Gasteiger partial charge is 0.504 e. The number of aromatic hydroxyl groups is 1. The number of phenols is 1. The molecule has 2 N–H and O–H groups in total. The lowest BCUT2D eigenvalue weighted by atomic mass is 9.64. The number of nitrogens with zero attached hydrogens (tertiary/aromatic N) is 1. The normalized spacial score (nSPS) is 26.6. The van der Waals surface area contributed by atoms with Gasteiger partial charge in [-0.3, -0.25) is 0 Å². The van der Waals surface area contributed by atoms with Gasteiger partial charge in [0.15, 0.2) is 11.5 Å². The molecule has 3 aliphatic heterocycles. The molecule has 0 unspecified atom stereocenters. The molecule has 7 nitrogen and oxygen atoms in total. The highest BCUT2D eigenvalue weighted by molar-refractivity contribution is 5.68. The number of hydrogen-bond donors (Lipinski definition) is 2. The molecule has 0 aromatic heterocycles. The molecule has 31 heavy (non-hydrogen) atoms. The third-order valence-corrected chi connectivity index (χ3v) is 7.04. The van der Waals surface area contributed by atoms with Gasteiger partial charge < -0.3 is 29.3 Å². The van der Waals surface area contributed by atoms with Crippen molar-refractivity contribution in [1.29, 1.82) is 0 Å². The van der Waals surface area contributed by atoms with Gasteiger partial charge in [0.1, 0.15) is 11.2 Å². The first-order chi connectivity index (χ1) is 14.4. The van der Waals surface area contributed by atoms with Gasteiger partial charge in [0.05, 0.1) is 19.3 Å². The van der Waals surface area contributed by atoms with Crippen LogP contribution >= 0.6 is 0 Å². The smallest absolute Gasteiger partial charge is 0.410 e. The first-order valence-corrected chi connectivity index (χ1v) is 11.2. The summed E-state index contributed by atoms with van der Waals surface area (Å²) in [5, 5.41) is 20.1. The maximum absolute atomic E-state index is 12.4. The summed E-state index contributed by atoms with van der Waals surface area (Å²) in [4.78, 5) is 14.2. The minimum atomic E-state index is -0.529. The summed E-state index contributed by atoms with van der Waals surface area (Å²) >= 11 is 0. The number of carbonyl (C=O) groups excluding carboxylic acids is 1. The first kappa shape index (κ1) is 22.2. The lowest BCUT2D eigenvalue weighted by Gasteiger charge is -2.54.